The molecule has 0 aliphatic carbocycles. The first-order valence-electron chi connectivity index (χ1n) is 6.79. The van der Waals surface area contributed by atoms with Gasteiger partial charge in [0.1, 0.15) is 6.07 Å². The van der Waals surface area contributed by atoms with Crippen molar-refractivity contribution in [3.8, 4) is 6.07 Å². The molecule has 4 nitrogen and oxygen atoms in total. The van der Waals surface area contributed by atoms with E-state index in [4.69, 9.17) is 0 Å². The molecule has 0 saturated carbocycles. The van der Waals surface area contributed by atoms with Gasteiger partial charge in [0.25, 0.3) is 5.69 Å². The number of nitro benzene ring substituents is 1. The van der Waals surface area contributed by atoms with Crippen LogP contribution < -0.4 is 0 Å². The summed E-state index contributed by atoms with van der Waals surface area (Å²) in [6.45, 7) is 7.98. The molecule has 20 heavy (non-hydrogen) atoms. The van der Waals surface area contributed by atoms with E-state index in [9.17, 15) is 15.4 Å². The molecule has 0 radical (unpaired) electrons. The zero-order chi connectivity index (χ0) is 15.4. The average molecular weight is 339 g/mol. The molecule has 0 heterocycles. The Hall–Kier alpha value is -1.41. The third-order valence-electron chi connectivity index (χ3n) is 3.85. The fraction of sp³-hybridized carbons (Fsp3) is 0.533. The summed E-state index contributed by atoms with van der Waals surface area (Å²) in [5.74, 6) is 0.170. The van der Waals surface area contributed by atoms with Crippen molar-refractivity contribution in [3.63, 3.8) is 0 Å². The lowest BCUT2D eigenvalue weighted by molar-refractivity contribution is -0.385. The first kappa shape index (κ1) is 16.6. The van der Waals surface area contributed by atoms with Crippen LogP contribution >= 0.6 is 15.9 Å². The van der Waals surface area contributed by atoms with Crippen LogP contribution in [0, 0.1) is 21.4 Å². The third kappa shape index (κ3) is 3.01. The van der Waals surface area contributed by atoms with Crippen LogP contribution in [0.5, 0.6) is 0 Å². The van der Waals surface area contributed by atoms with Gasteiger partial charge in [-0.1, -0.05) is 43.6 Å². The Bertz CT molecular complexity index is 564. The largest absolute Gasteiger partial charge is 0.275 e. The Kier molecular flexibility index (Phi) is 5.70. The summed E-state index contributed by atoms with van der Waals surface area (Å²) >= 11 is 3.40. The van der Waals surface area contributed by atoms with Gasteiger partial charge in [0.05, 0.1) is 16.1 Å². The zero-order valence-electron chi connectivity index (χ0n) is 12.2. The average Bonchev–Trinajstić information content (AvgIpc) is 2.43. The Balaban J connectivity index is 3.76. The fourth-order valence-electron chi connectivity index (χ4n) is 2.33. The van der Waals surface area contributed by atoms with Crippen LogP contribution in [0.4, 0.5) is 5.69 Å². The number of rotatable bonds is 5. The highest BCUT2D eigenvalue weighted by molar-refractivity contribution is 9.10. The highest BCUT2D eigenvalue weighted by Crippen LogP contribution is 2.41. The molecule has 5 heteroatoms. The number of hydrogen-bond acceptors (Lipinski definition) is 3. The smallest absolute Gasteiger partial charge is 0.258 e. The summed E-state index contributed by atoms with van der Waals surface area (Å²) in [4.78, 5) is 10.9. The van der Waals surface area contributed by atoms with Crippen LogP contribution in [0.25, 0.3) is 0 Å². The minimum absolute atomic E-state index is 0.0130. The molecule has 108 valence electrons. The maximum Gasteiger partial charge on any atom is 0.275 e. The molecular formula is C15H19BrN2O2. The van der Waals surface area contributed by atoms with E-state index < -0.39 is 4.92 Å². The SMILES string of the molecule is CCC(C)c1c(Br)cc([N+](=O)[O-])c(C(C)CC)c1C#N. The van der Waals surface area contributed by atoms with Crippen molar-refractivity contribution >= 4 is 21.6 Å². The van der Waals surface area contributed by atoms with Crippen molar-refractivity contribution < 1.29 is 4.92 Å². The maximum absolute atomic E-state index is 11.3. The molecule has 0 aliphatic rings. The van der Waals surface area contributed by atoms with E-state index in [1.54, 1.807) is 6.07 Å². The highest BCUT2D eigenvalue weighted by Gasteiger charge is 2.28. The molecule has 1 aromatic carbocycles. The van der Waals surface area contributed by atoms with Gasteiger partial charge >= 0.3 is 0 Å². The molecule has 1 aromatic rings. The van der Waals surface area contributed by atoms with E-state index in [1.165, 1.54) is 0 Å². The number of halogens is 1. The lowest BCUT2D eigenvalue weighted by Crippen LogP contribution is -2.08. The number of nitrogens with zero attached hydrogens (tertiary/aromatic N) is 2. The van der Waals surface area contributed by atoms with Gasteiger partial charge in [0, 0.05) is 10.5 Å². The van der Waals surface area contributed by atoms with Crippen LogP contribution in [0.2, 0.25) is 0 Å². The van der Waals surface area contributed by atoms with E-state index in [0.29, 0.717) is 15.6 Å². The van der Waals surface area contributed by atoms with Crippen molar-refractivity contribution in [3.05, 3.63) is 37.3 Å². The number of nitro groups is 1. The van der Waals surface area contributed by atoms with Crippen LogP contribution in [0.15, 0.2) is 10.5 Å². The van der Waals surface area contributed by atoms with Gasteiger partial charge in [0.2, 0.25) is 0 Å². The topological polar surface area (TPSA) is 66.9 Å². The predicted molar refractivity (Wildman–Crippen MR) is 82.9 cm³/mol. The van der Waals surface area contributed by atoms with E-state index >= 15 is 0 Å². The minimum Gasteiger partial charge on any atom is -0.258 e. The Morgan fingerprint density at radius 1 is 1.30 bits per heavy atom. The van der Waals surface area contributed by atoms with E-state index in [2.05, 4.69) is 22.0 Å². The van der Waals surface area contributed by atoms with Crippen LogP contribution in [0.1, 0.15) is 69.1 Å². The third-order valence-corrected chi connectivity index (χ3v) is 4.51. The molecule has 0 bridgehead atoms. The van der Waals surface area contributed by atoms with Gasteiger partial charge in [-0.3, -0.25) is 10.1 Å². The molecule has 2 unspecified atom stereocenters. The second-order valence-electron chi connectivity index (χ2n) is 5.07. The molecular weight excluding hydrogens is 320 g/mol. The van der Waals surface area contributed by atoms with Gasteiger partial charge in [-0.05, 0) is 30.2 Å². The first-order chi connectivity index (χ1) is 9.38. The molecule has 0 amide bonds. The van der Waals surface area contributed by atoms with Crippen molar-refractivity contribution in [1.82, 2.24) is 0 Å². The summed E-state index contributed by atoms with van der Waals surface area (Å²) in [5.41, 5.74) is 1.96. The molecule has 0 spiro atoms. The molecule has 0 fully saturated rings. The van der Waals surface area contributed by atoms with Gasteiger partial charge in [-0.2, -0.15) is 5.26 Å². The first-order valence-corrected chi connectivity index (χ1v) is 7.58. The van der Waals surface area contributed by atoms with E-state index in [1.807, 2.05) is 27.7 Å². The highest BCUT2D eigenvalue weighted by atomic mass is 79.9. The monoisotopic (exact) mass is 338 g/mol. The van der Waals surface area contributed by atoms with Crippen LogP contribution in [0.3, 0.4) is 0 Å². The second kappa shape index (κ2) is 6.85. The molecule has 1 rings (SSSR count). The molecule has 0 saturated heterocycles. The van der Waals surface area contributed by atoms with Gasteiger partial charge in [-0.25, -0.2) is 0 Å². The van der Waals surface area contributed by atoms with Gasteiger partial charge < -0.3 is 0 Å². The normalized spacial score (nSPS) is 13.6. The predicted octanol–water partition coefficient (Wildman–Crippen LogP) is 5.26. The Morgan fingerprint density at radius 2 is 1.80 bits per heavy atom. The van der Waals surface area contributed by atoms with Crippen LogP contribution in [-0.2, 0) is 0 Å². The lowest BCUT2D eigenvalue weighted by Gasteiger charge is -2.19. The van der Waals surface area contributed by atoms with E-state index in [-0.39, 0.29) is 17.5 Å². The van der Waals surface area contributed by atoms with Gasteiger partial charge in [0.15, 0.2) is 0 Å². The summed E-state index contributed by atoms with van der Waals surface area (Å²) in [5, 5.41) is 20.8. The van der Waals surface area contributed by atoms with Crippen LogP contribution in [-0.4, -0.2) is 4.92 Å². The number of hydrogen-bond donors (Lipinski definition) is 0. The van der Waals surface area contributed by atoms with Crippen molar-refractivity contribution in [2.45, 2.75) is 52.4 Å². The Morgan fingerprint density at radius 3 is 2.20 bits per heavy atom. The number of benzene rings is 1. The minimum atomic E-state index is -0.395. The standard InChI is InChI=1S/C15H19BrN2O2/c1-5-9(3)14-11(8-17)15(10(4)6-2)13(18(19)20)7-12(14)16/h7,9-10H,5-6H2,1-4H3. The quantitative estimate of drug-likeness (QED) is 0.543. The molecule has 0 aromatic heterocycles. The van der Waals surface area contributed by atoms with Crippen molar-refractivity contribution in [2.75, 3.05) is 0 Å². The van der Waals surface area contributed by atoms with Gasteiger partial charge in [-0.15, -0.1) is 0 Å². The summed E-state index contributed by atoms with van der Waals surface area (Å²) in [6, 6.07) is 3.74. The summed E-state index contributed by atoms with van der Waals surface area (Å²) < 4.78 is 0.655. The van der Waals surface area contributed by atoms with Crippen molar-refractivity contribution in [2.24, 2.45) is 0 Å². The molecule has 0 aliphatic heterocycles. The van der Waals surface area contributed by atoms with E-state index in [0.717, 1.165) is 18.4 Å². The Labute approximate surface area is 128 Å². The molecule has 0 N–H and O–H groups in total. The maximum atomic E-state index is 11.3. The molecule has 2 atom stereocenters. The fourth-order valence-corrected chi connectivity index (χ4v) is 3.13. The van der Waals surface area contributed by atoms with Crippen molar-refractivity contribution in [1.29, 1.82) is 5.26 Å². The summed E-state index contributed by atoms with van der Waals surface area (Å²) in [6.07, 6.45) is 1.64. The number of nitriles is 1. The second-order valence-corrected chi connectivity index (χ2v) is 5.92. The lowest BCUT2D eigenvalue weighted by atomic mass is 9.85. The zero-order valence-corrected chi connectivity index (χ0v) is 13.8. The summed E-state index contributed by atoms with van der Waals surface area (Å²) in [7, 11) is 0.